The highest BCUT2D eigenvalue weighted by Crippen LogP contribution is 2.33. The third-order valence-electron chi connectivity index (χ3n) is 2.08. The second-order valence-electron chi connectivity index (χ2n) is 3.41. The van der Waals surface area contributed by atoms with E-state index in [1.54, 1.807) is 13.2 Å². The molecule has 0 radical (unpaired) electrons. The molecule has 0 saturated heterocycles. The topological polar surface area (TPSA) is 47.6 Å². The summed E-state index contributed by atoms with van der Waals surface area (Å²) in [4.78, 5) is 11.4. The normalized spacial score (nSPS) is 9.82. The van der Waals surface area contributed by atoms with Gasteiger partial charge in [-0.25, -0.2) is 0 Å². The molecule has 17 heavy (non-hydrogen) atoms. The zero-order valence-electron chi connectivity index (χ0n) is 9.96. The minimum Gasteiger partial charge on any atom is -0.495 e. The maximum Gasteiger partial charge on any atom is 0.257 e. The van der Waals surface area contributed by atoms with Gasteiger partial charge in [0.25, 0.3) is 5.91 Å². The number of methoxy groups -OCH3 is 1. The molecule has 1 amide bonds. The van der Waals surface area contributed by atoms with Gasteiger partial charge in [0.2, 0.25) is 0 Å². The molecule has 1 aromatic rings. The Labute approximate surface area is 109 Å². The number of hydrogen-bond donors (Lipinski definition) is 1. The summed E-state index contributed by atoms with van der Waals surface area (Å²) in [5.74, 6) is 1.15. The van der Waals surface area contributed by atoms with Crippen LogP contribution in [0.2, 0.25) is 0 Å². The smallest absolute Gasteiger partial charge is 0.257 e. The Morgan fingerprint density at radius 1 is 1.41 bits per heavy atom. The van der Waals surface area contributed by atoms with Crippen LogP contribution in [0.4, 0.5) is 0 Å². The molecule has 1 aromatic carbocycles. The Morgan fingerprint density at radius 3 is 2.76 bits per heavy atom. The predicted molar refractivity (Wildman–Crippen MR) is 69.5 cm³/mol. The lowest BCUT2D eigenvalue weighted by Gasteiger charge is -2.10. The fourth-order valence-electron chi connectivity index (χ4n) is 1.22. The highest BCUT2D eigenvalue weighted by molar-refractivity contribution is 9.10. The first kappa shape index (κ1) is 13.8. The van der Waals surface area contributed by atoms with Gasteiger partial charge in [0.05, 0.1) is 7.11 Å². The first-order valence-corrected chi connectivity index (χ1v) is 6.20. The van der Waals surface area contributed by atoms with Crippen molar-refractivity contribution in [2.24, 2.45) is 0 Å². The van der Waals surface area contributed by atoms with Crippen LogP contribution >= 0.6 is 15.9 Å². The quantitative estimate of drug-likeness (QED) is 0.877. The monoisotopic (exact) mass is 301 g/mol. The van der Waals surface area contributed by atoms with Crippen LogP contribution in [0.15, 0.2) is 22.7 Å². The number of halogens is 1. The fourth-order valence-corrected chi connectivity index (χ4v) is 1.76. The SMILES string of the molecule is CCCNC(=O)COc1cccc(OC)c1Br. The molecule has 0 aliphatic carbocycles. The lowest BCUT2D eigenvalue weighted by Crippen LogP contribution is -2.29. The maximum atomic E-state index is 11.4. The second kappa shape index (κ2) is 7.17. The number of nitrogens with one attached hydrogen (secondary N) is 1. The molecule has 4 nitrogen and oxygen atoms in total. The molecule has 5 heteroatoms. The van der Waals surface area contributed by atoms with E-state index in [1.165, 1.54) is 0 Å². The van der Waals surface area contributed by atoms with Crippen molar-refractivity contribution in [1.29, 1.82) is 0 Å². The first-order valence-electron chi connectivity index (χ1n) is 5.41. The van der Waals surface area contributed by atoms with E-state index >= 15 is 0 Å². The van der Waals surface area contributed by atoms with Crippen LogP contribution in [0.5, 0.6) is 11.5 Å². The van der Waals surface area contributed by atoms with Gasteiger partial charge in [-0.15, -0.1) is 0 Å². The van der Waals surface area contributed by atoms with Crippen LogP contribution in [-0.4, -0.2) is 26.2 Å². The van der Waals surface area contributed by atoms with Gasteiger partial charge in [0, 0.05) is 6.54 Å². The number of carbonyl (C=O) groups is 1. The summed E-state index contributed by atoms with van der Waals surface area (Å²) in [6, 6.07) is 5.40. The van der Waals surface area contributed by atoms with Crippen LogP contribution < -0.4 is 14.8 Å². The third kappa shape index (κ3) is 4.26. The molecule has 0 aliphatic heterocycles. The van der Waals surface area contributed by atoms with Gasteiger partial charge in [-0.05, 0) is 34.5 Å². The van der Waals surface area contributed by atoms with Crippen molar-refractivity contribution in [2.75, 3.05) is 20.3 Å². The number of hydrogen-bond acceptors (Lipinski definition) is 3. The Kier molecular flexibility index (Phi) is 5.83. The molecule has 0 heterocycles. The van der Waals surface area contributed by atoms with Crippen molar-refractivity contribution < 1.29 is 14.3 Å². The van der Waals surface area contributed by atoms with Crippen LogP contribution in [-0.2, 0) is 4.79 Å². The minimum atomic E-state index is -0.124. The van der Waals surface area contributed by atoms with Crippen molar-refractivity contribution in [1.82, 2.24) is 5.32 Å². The molecule has 0 bridgehead atoms. The average molecular weight is 302 g/mol. The van der Waals surface area contributed by atoms with Crippen molar-refractivity contribution >= 4 is 21.8 Å². The first-order chi connectivity index (χ1) is 8.19. The molecule has 0 unspecified atom stereocenters. The number of benzene rings is 1. The lowest BCUT2D eigenvalue weighted by atomic mass is 10.3. The summed E-state index contributed by atoms with van der Waals surface area (Å²) in [7, 11) is 1.58. The standard InChI is InChI=1S/C12H16BrNO3/c1-3-7-14-11(15)8-17-10-6-4-5-9(16-2)12(10)13/h4-6H,3,7-8H2,1-2H3,(H,14,15). The molecular formula is C12H16BrNO3. The Hall–Kier alpha value is -1.23. The predicted octanol–water partition coefficient (Wildman–Crippen LogP) is 2.36. The Balaban J connectivity index is 2.54. The molecule has 0 saturated carbocycles. The minimum absolute atomic E-state index is 0.00572. The van der Waals surface area contributed by atoms with Crippen LogP contribution in [0, 0.1) is 0 Å². The highest BCUT2D eigenvalue weighted by Gasteiger charge is 2.08. The summed E-state index contributed by atoms with van der Waals surface area (Å²) >= 11 is 3.36. The molecule has 0 atom stereocenters. The maximum absolute atomic E-state index is 11.4. The molecule has 1 N–H and O–H groups in total. The molecule has 0 spiro atoms. The second-order valence-corrected chi connectivity index (χ2v) is 4.20. The molecule has 94 valence electrons. The summed E-state index contributed by atoms with van der Waals surface area (Å²) in [6.07, 6.45) is 0.911. The molecule has 0 aliphatic rings. The van der Waals surface area contributed by atoms with Crippen molar-refractivity contribution in [3.63, 3.8) is 0 Å². The summed E-state index contributed by atoms with van der Waals surface area (Å²) in [5.41, 5.74) is 0. The van der Waals surface area contributed by atoms with E-state index in [9.17, 15) is 4.79 Å². The fraction of sp³-hybridized carbons (Fsp3) is 0.417. The van der Waals surface area contributed by atoms with Crippen molar-refractivity contribution in [3.8, 4) is 11.5 Å². The third-order valence-corrected chi connectivity index (χ3v) is 2.86. The summed E-state index contributed by atoms with van der Waals surface area (Å²) in [5, 5.41) is 2.74. The van der Waals surface area contributed by atoms with Crippen LogP contribution in [0.25, 0.3) is 0 Å². The van der Waals surface area contributed by atoms with Crippen molar-refractivity contribution in [3.05, 3.63) is 22.7 Å². The lowest BCUT2D eigenvalue weighted by molar-refractivity contribution is -0.123. The summed E-state index contributed by atoms with van der Waals surface area (Å²) < 4.78 is 11.2. The van der Waals surface area contributed by atoms with E-state index in [1.807, 2.05) is 19.1 Å². The zero-order valence-corrected chi connectivity index (χ0v) is 11.5. The number of carbonyl (C=O) groups excluding carboxylic acids is 1. The molecule has 0 aromatic heterocycles. The number of amides is 1. The van der Waals surface area contributed by atoms with Crippen LogP contribution in [0.1, 0.15) is 13.3 Å². The van der Waals surface area contributed by atoms with E-state index in [0.29, 0.717) is 22.5 Å². The van der Waals surface area contributed by atoms with E-state index in [-0.39, 0.29) is 12.5 Å². The van der Waals surface area contributed by atoms with Gasteiger partial charge in [-0.2, -0.15) is 0 Å². The van der Waals surface area contributed by atoms with Gasteiger partial charge >= 0.3 is 0 Å². The van der Waals surface area contributed by atoms with E-state index < -0.39 is 0 Å². The van der Waals surface area contributed by atoms with Gasteiger partial charge in [0.1, 0.15) is 16.0 Å². The average Bonchev–Trinajstić information content (AvgIpc) is 2.35. The molecule has 0 fully saturated rings. The van der Waals surface area contributed by atoms with Gasteiger partial charge < -0.3 is 14.8 Å². The van der Waals surface area contributed by atoms with Crippen molar-refractivity contribution in [2.45, 2.75) is 13.3 Å². The Bertz CT molecular complexity index is 382. The van der Waals surface area contributed by atoms with Gasteiger partial charge in [-0.1, -0.05) is 13.0 Å². The Morgan fingerprint density at radius 2 is 2.12 bits per heavy atom. The highest BCUT2D eigenvalue weighted by atomic mass is 79.9. The molecular weight excluding hydrogens is 286 g/mol. The van der Waals surface area contributed by atoms with E-state index in [0.717, 1.165) is 6.42 Å². The zero-order chi connectivity index (χ0) is 12.7. The summed E-state index contributed by atoms with van der Waals surface area (Å²) in [6.45, 7) is 2.67. The number of ether oxygens (including phenoxy) is 2. The largest absolute Gasteiger partial charge is 0.495 e. The van der Waals surface area contributed by atoms with Gasteiger partial charge in [0.15, 0.2) is 6.61 Å². The van der Waals surface area contributed by atoms with E-state index in [2.05, 4.69) is 21.2 Å². The number of rotatable bonds is 6. The molecule has 1 rings (SSSR count). The van der Waals surface area contributed by atoms with E-state index in [4.69, 9.17) is 9.47 Å². The van der Waals surface area contributed by atoms with Crippen LogP contribution in [0.3, 0.4) is 0 Å². The van der Waals surface area contributed by atoms with Gasteiger partial charge in [-0.3, -0.25) is 4.79 Å².